The molecular formula is C21H25ClN6O2. The Kier molecular flexibility index (Phi) is 7.13. The van der Waals surface area contributed by atoms with E-state index in [1.807, 2.05) is 36.4 Å². The number of carbonyl (C=O) groups excluding carboxylic acids is 2. The molecule has 1 aliphatic heterocycles. The summed E-state index contributed by atoms with van der Waals surface area (Å²) in [4.78, 5) is 31.5. The zero-order chi connectivity index (χ0) is 21.5. The summed E-state index contributed by atoms with van der Waals surface area (Å²) in [6, 6.07) is 14.8. The number of benzene rings is 2. The molecule has 0 bridgehead atoms. The van der Waals surface area contributed by atoms with Crippen LogP contribution in [-0.4, -0.2) is 55.4 Å². The van der Waals surface area contributed by atoms with Crippen LogP contribution in [0.3, 0.4) is 0 Å². The van der Waals surface area contributed by atoms with Crippen LogP contribution in [0.5, 0.6) is 0 Å². The van der Waals surface area contributed by atoms with Crippen molar-refractivity contribution in [3.63, 3.8) is 0 Å². The maximum absolute atomic E-state index is 11.9. The molecule has 0 aliphatic carbocycles. The summed E-state index contributed by atoms with van der Waals surface area (Å²) in [5.41, 5.74) is 13.7. The van der Waals surface area contributed by atoms with Gasteiger partial charge in [-0.15, -0.1) is 0 Å². The fraction of sp³-hybridized carbons (Fsp3) is 0.286. The van der Waals surface area contributed by atoms with Crippen molar-refractivity contribution in [2.45, 2.75) is 6.54 Å². The topological polar surface area (TPSA) is 117 Å². The third-order valence-electron chi connectivity index (χ3n) is 4.86. The van der Waals surface area contributed by atoms with E-state index in [1.165, 1.54) is 0 Å². The number of rotatable bonds is 6. The van der Waals surface area contributed by atoms with Crippen molar-refractivity contribution in [2.75, 3.05) is 37.6 Å². The predicted octanol–water partition coefficient (Wildman–Crippen LogP) is 1.19. The molecule has 9 heteroatoms. The van der Waals surface area contributed by atoms with Crippen molar-refractivity contribution in [2.24, 2.45) is 16.5 Å². The van der Waals surface area contributed by atoms with Crippen LogP contribution in [0.25, 0.3) is 0 Å². The van der Waals surface area contributed by atoms with E-state index < -0.39 is 5.91 Å². The van der Waals surface area contributed by atoms with Gasteiger partial charge in [-0.05, 0) is 42.0 Å². The van der Waals surface area contributed by atoms with E-state index in [-0.39, 0.29) is 12.5 Å². The largest absolute Gasteiger partial charge is 0.370 e. The van der Waals surface area contributed by atoms with Gasteiger partial charge in [0.05, 0.1) is 13.1 Å². The third-order valence-corrected chi connectivity index (χ3v) is 5.11. The van der Waals surface area contributed by atoms with Gasteiger partial charge in [-0.2, -0.15) is 0 Å². The molecule has 8 nitrogen and oxygen atoms in total. The van der Waals surface area contributed by atoms with E-state index in [2.05, 4.69) is 20.1 Å². The number of carbonyl (C=O) groups is 2. The molecule has 1 fully saturated rings. The van der Waals surface area contributed by atoms with Gasteiger partial charge in [-0.1, -0.05) is 23.7 Å². The number of nitrogens with one attached hydrogen (secondary N) is 1. The van der Waals surface area contributed by atoms with Crippen LogP contribution in [0.2, 0.25) is 5.02 Å². The number of halogens is 1. The highest BCUT2D eigenvalue weighted by Crippen LogP contribution is 2.19. The first-order valence-corrected chi connectivity index (χ1v) is 10.0. The summed E-state index contributed by atoms with van der Waals surface area (Å²) >= 11 is 5.95. The molecule has 30 heavy (non-hydrogen) atoms. The van der Waals surface area contributed by atoms with Gasteiger partial charge in [0, 0.05) is 42.5 Å². The molecular weight excluding hydrogens is 404 g/mol. The fourth-order valence-corrected chi connectivity index (χ4v) is 3.27. The van der Waals surface area contributed by atoms with Crippen LogP contribution in [0.4, 0.5) is 5.69 Å². The molecule has 2 amide bonds. The first kappa shape index (κ1) is 21.4. The van der Waals surface area contributed by atoms with Gasteiger partial charge in [0.2, 0.25) is 5.91 Å². The Morgan fingerprint density at radius 2 is 1.60 bits per heavy atom. The summed E-state index contributed by atoms with van der Waals surface area (Å²) in [6.45, 7) is 3.52. The van der Waals surface area contributed by atoms with Gasteiger partial charge >= 0.3 is 0 Å². The highest BCUT2D eigenvalue weighted by molar-refractivity contribution is 6.30. The van der Waals surface area contributed by atoms with Crippen LogP contribution in [-0.2, 0) is 11.3 Å². The van der Waals surface area contributed by atoms with Crippen LogP contribution in [0, 0.1) is 0 Å². The second kappa shape index (κ2) is 9.98. The lowest BCUT2D eigenvalue weighted by molar-refractivity contribution is -0.117. The number of hydrogen-bond donors (Lipinski definition) is 3. The van der Waals surface area contributed by atoms with Gasteiger partial charge in [-0.3, -0.25) is 9.59 Å². The Balaban J connectivity index is 1.50. The molecule has 2 aromatic rings. The van der Waals surface area contributed by atoms with Crippen molar-refractivity contribution in [1.29, 1.82) is 0 Å². The average molecular weight is 429 g/mol. The summed E-state index contributed by atoms with van der Waals surface area (Å²) in [6.07, 6.45) is 0. The Bertz CT molecular complexity index is 906. The lowest BCUT2D eigenvalue weighted by Gasteiger charge is -2.36. The van der Waals surface area contributed by atoms with Gasteiger partial charge in [0.1, 0.15) is 0 Å². The maximum atomic E-state index is 11.9. The number of guanidine groups is 1. The lowest BCUT2D eigenvalue weighted by Crippen LogP contribution is -2.51. The number of anilines is 1. The molecule has 0 spiro atoms. The van der Waals surface area contributed by atoms with Crippen LogP contribution < -0.4 is 21.7 Å². The Labute approximate surface area is 180 Å². The van der Waals surface area contributed by atoms with E-state index in [1.54, 1.807) is 12.1 Å². The number of primary amides is 1. The minimum Gasteiger partial charge on any atom is -0.370 e. The second-order valence-corrected chi connectivity index (χ2v) is 7.41. The summed E-state index contributed by atoms with van der Waals surface area (Å²) in [7, 11) is 0. The number of nitrogens with two attached hydrogens (primary N) is 2. The molecule has 158 valence electrons. The number of hydrogen-bond acceptors (Lipinski definition) is 4. The molecule has 1 heterocycles. The van der Waals surface area contributed by atoms with Crippen LogP contribution in [0.15, 0.2) is 53.5 Å². The van der Waals surface area contributed by atoms with E-state index in [0.29, 0.717) is 18.1 Å². The zero-order valence-corrected chi connectivity index (χ0v) is 17.3. The van der Waals surface area contributed by atoms with Crippen LogP contribution >= 0.6 is 11.6 Å². The molecule has 0 unspecified atom stereocenters. The quantitative estimate of drug-likeness (QED) is 0.472. The Morgan fingerprint density at radius 1 is 0.967 bits per heavy atom. The molecule has 1 saturated heterocycles. The highest BCUT2D eigenvalue weighted by Gasteiger charge is 2.18. The first-order valence-electron chi connectivity index (χ1n) is 9.63. The molecule has 0 aromatic heterocycles. The van der Waals surface area contributed by atoms with E-state index in [9.17, 15) is 9.59 Å². The van der Waals surface area contributed by atoms with Gasteiger partial charge < -0.3 is 26.6 Å². The summed E-state index contributed by atoms with van der Waals surface area (Å²) in [5.74, 6) is -0.422. The zero-order valence-electron chi connectivity index (χ0n) is 16.6. The maximum Gasteiger partial charge on any atom is 0.251 e. The minimum absolute atomic E-state index is 0.188. The minimum atomic E-state index is -0.584. The van der Waals surface area contributed by atoms with Gasteiger partial charge in [-0.25, -0.2) is 4.99 Å². The number of amides is 2. The van der Waals surface area contributed by atoms with E-state index in [0.717, 1.165) is 42.5 Å². The SMILES string of the molecule is NC(=O)CNC(=O)c1ccc(CN=C(N)N2CCN(c3ccc(Cl)cc3)CC2)cc1. The Hall–Kier alpha value is -3.26. The highest BCUT2D eigenvalue weighted by atomic mass is 35.5. The standard InChI is InChI=1S/C21H25ClN6O2/c22-17-5-7-18(8-6-17)27-9-11-28(12-10-27)21(24)26-13-15-1-3-16(4-2-15)20(30)25-14-19(23)29/h1-8H,9-14H2,(H2,23,29)(H2,24,26)(H,25,30). The van der Waals surface area contributed by atoms with E-state index in [4.69, 9.17) is 23.1 Å². The van der Waals surface area contributed by atoms with Crippen molar-refractivity contribution >= 4 is 35.1 Å². The van der Waals surface area contributed by atoms with E-state index >= 15 is 0 Å². The number of piperazine rings is 1. The van der Waals surface area contributed by atoms with Crippen molar-refractivity contribution in [3.05, 3.63) is 64.7 Å². The molecule has 1 aliphatic rings. The third kappa shape index (κ3) is 5.87. The predicted molar refractivity (Wildman–Crippen MR) is 119 cm³/mol. The number of aliphatic imine (C=N–C) groups is 1. The average Bonchev–Trinajstić information content (AvgIpc) is 2.77. The van der Waals surface area contributed by atoms with Crippen molar-refractivity contribution in [1.82, 2.24) is 10.2 Å². The second-order valence-electron chi connectivity index (χ2n) is 6.97. The van der Waals surface area contributed by atoms with Crippen molar-refractivity contribution in [3.8, 4) is 0 Å². The monoisotopic (exact) mass is 428 g/mol. The van der Waals surface area contributed by atoms with Crippen LogP contribution in [0.1, 0.15) is 15.9 Å². The lowest BCUT2D eigenvalue weighted by atomic mass is 10.1. The number of nitrogens with zero attached hydrogens (tertiary/aromatic N) is 3. The smallest absolute Gasteiger partial charge is 0.251 e. The molecule has 2 aromatic carbocycles. The molecule has 0 atom stereocenters. The molecule has 5 N–H and O–H groups in total. The fourth-order valence-electron chi connectivity index (χ4n) is 3.15. The molecule has 0 radical (unpaired) electrons. The Morgan fingerprint density at radius 3 is 2.20 bits per heavy atom. The van der Waals surface area contributed by atoms with Crippen molar-refractivity contribution < 1.29 is 9.59 Å². The van der Waals surface area contributed by atoms with Gasteiger partial charge in [0.15, 0.2) is 5.96 Å². The van der Waals surface area contributed by atoms with Gasteiger partial charge in [0.25, 0.3) is 5.91 Å². The summed E-state index contributed by atoms with van der Waals surface area (Å²) in [5, 5.41) is 3.18. The summed E-state index contributed by atoms with van der Waals surface area (Å²) < 4.78 is 0. The molecule has 3 rings (SSSR count). The normalized spacial score (nSPS) is 14.5. The first-order chi connectivity index (χ1) is 14.4. The molecule has 0 saturated carbocycles.